The fourth-order valence-electron chi connectivity index (χ4n) is 1.48. The molecule has 1 aromatic heterocycles. The Hall–Kier alpha value is -2.21. The topological polar surface area (TPSA) is 60.2 Å². The lowest BCUT2D eigenvalue weighted by Gasteiger charge is -2.09. The van der Waals surface area contributed by atoms with Crippen LogP contribution in [0.3, 0.4) is 0 Å². The van der Waals surface area contributed by atoms with Gasteiger partial charge in [-0.15, -0.1) is 0 Å². The molecule has 0 fully saturated rings. The van der Waals surface area contributed by atoms with Gasteiger partial charge in [-0.05, 0) is 24.3 Å². The lowest BCUT2D eigenvalue weighted by Crippen LogP contribution is -2.09. The van der Waals surface area contributed by atoms with Crippen LogP contribution in [0.4, 0.5) is 15.9 Å². The van der Waals surface area contributed by atoms with Gasteiger partial charge in [-0.3, -0.25) is 0 Å². The van der Waals surface area contributed by atoms with Gasteiger partial charge in [-0.25, -0.2) is 9.37 Å². The number of hydrogen-bond acceptors (Lipinski definition) is 4. The second-order valence-corrected chi connectivity index (χ2v) is 4.21. The standard InChI is InChI=1S/C13H12FN3OS/c1-18-9-3-4-10(14)11(6-9)17-12-5-2-8(7-16-12)13(15)19/h2-7H,1H3,(H2,15,19)(H,16,17). The van der Waals surface area contributed by atoms with E-state index in [1.165, 1.54) is 19.4 Å². The van der Waals surface area contributed by atoms with Crippen LogP contribution in [0.25, 0.3) is 0 Å². The second kappa shape index (κ2) is 5.62. The zero-order valence-electron chi connectivity index (χ0n) is 10.2. The average Bonchev–Trinajstić information content (AvgIpc) is 2.42. The van der Waals surface area contributed by atoms with Crippen LogP contribution in [0.5, 0.6) is 5.75 Å². The van der Waals surface area contributed by atoms with Crippen molar-refractivity contribution in [2.24, 2.45) is 5.73 Å². The van der Waals surface area contributed by atoms with Crippen molar-refractivity contribution in [3.8, 4) is 5.75 Å². The Balaban J connectivity index is 2.23. The Morgan fingerprint density at radius 3 is 2.74 bits per heavy atom. The maximum Gasteiger partial charge on any atom is 0.146 e. The molecule has 0 aliphatic rings. The summed E-state index contributed by atoms with van der Waals surface area (Å²) in [5.74, 6) is 0.664. The van der Waals surface area contributed by atoms with E-state index in [4.69, 9.17) is 22.7 Å². The maximum atomic E-state index is 13.6. The molecule has 0 saturated heterocycles. The molecule has 6 heteroatoms. The van der Waals surface area contributed by atoms with E-state index in [0.29, 0.717) is 17.1 Å². The lowest BCUT2D eigenvalue weighted by molar-refractivity contribution is 0.414. The SMILES string of the molecule is COc1ccc(F)c(Nc2ccc(C(N)=S)cn2)c1. The molecular formula is C13H12FN3OS. The average molecular weight is 277 g/mol. The molecule has 4 nitrogen and oxygen atoms in total. The molecule has 3 N–H and O–H groups in total. The van der Waals surface area contributed by atoms with Gasteiger partial charge in [0, 0.05) is 17.8 Å². The third kappa shape index (κ3) is 3.17. The molecule has 0 bridgehead atoms. The van der Waals surface area contributed by atoms with Crippen molar-refractivity contribution < 1.29 is 9.13 Å². The Morgan fingerprint density at radius 2 is 2.16 bits per heavy atom. The normalized spacial score (nSPS) is 10.0. The van der Waals surface area contributed by atoms with Gasteiger partial charge in [0.05, 0.1) is 12.8 Å². The largest absolute Gasteiger partial charge is 0.497 e. The van der Waals surface area contributed by atoms with Crippen LogP contribution < -0.4 is 15.8 Å². The second-order valence-electron chi connectivity index (χ2n) is 3.77. The minimum atomic E-state index is -0.388. The quantitative estimate of drug-likeness (QED) is 0.841. The van der Waals surface area contributed by atoms with E-state index >= 15 is 0 Å². The zero-order chi connectivity index (χ0) is 13.8. The van der Waals surface area contributed by atoms with Gasteiger partial charge in [-0.1, -0.05) is 12.2 Å². The molecule has 0 unspecified atom stereocenters. The smallest absolute Gasteiger partial charge is 0.146 e. The maximum absolute atomic E-state index is 13.6. The Kier molecular flexibility index (Phi) is 3.91. The van der Waals surface area contributed by atoms with Crippen LogP contribution in [0, 0.1) is 5.82 Å². The fraction of sp³-hybridized carbons (Fsp3) is 0.0769. The van der Waals surface area contributed by atoms with Crippen LogP contribution in [0.2, 0.25) is 0 Å². The molecule has 98 valence electrons. The summed E-state index contributed by atoms with van der Waals surface area (Å²) in [5.41, 5.74) is 6.42. The number of pyridine rings is 1. The molecule has 0 aliphatic heterocycles. The molecule has 0 saturated carbocycles. The molecule has 0 aliphatic carbocycles. The number of benzene rings is 1. The highest BCUT2D eigenvalue weighted by molar-refractivity contribution is 7.80. The van der Waals surface area contributed by atoms with E-state index in [2.05, 4.69) is 10.3 Å². The highest BCUT2D eigenvalue weighted by Crippen LogP contribution is 2.23. The van der Waals surface area contributed by atoms with Crippen molar-refractivity contribution in [1.29, 1.82) is 0 Å². The summed E-state index contributed by atoms with van der Waals surface area (Å²) >= 11 is 4.83. The molecule has 1 heterocycles. The number of aromatic nitrogens is 1. The van der Waals surface area contributed by atoms with Gasteiger partial charge in [0.1, 0.15) is 22.4 Å². The number of nitrogens with two attached hydrogens (primary N) is 1. The van der Waals surface area contributed by atoms with E-state index in [0.717, 1.165) is 0 Å². The van der Waals surface area contributed by atoms with Crippen LogP contribution in [0.15, 0.2) is 36.5 Å². The van der Waals surface area contributed by atoms with Crippen molar-refractivity contribution in [3.05, 3.63) is 47.9 Å². The fourth-order valence-corrected chi connectivity index (χ4v) is 1.60. The van der Waals surface area contributed by atoms with Gasteiger partial charge in [-0.2, -0.15) is 0 Å². The summed E-state index contributed by atoms with van der Waals surface area (Å²) < 4.78 is 18.6. The van der Waals surface area contributed by atoms with Crippen LogP contribution in [-0.4, -0.2) is 17.1 Å². The molecule has 0 amide bonds. The summed E-state index contributed by atoms with van der Waals surface area (Å²) in [6.07, 6.45) is 1.53. The molecule has 0 radical (unpaired) electrons. The highest BCUT2D eigenvalue weighted by atomic mass is 32.1. The summed E-state index contributed by atoms with van der Waals surface area (Å²) in [6.45, 7) is 0. The molecule has 1 aromatic carbocycles. The number of nitrogens with one attached hydrogen (secondary N) is 1. The van der Waals surface area contributed by atoms with E-state index < -0.39 is 0 Å². The first-order chi connectivity index (χ1) is 9.10. The number of methoxy groups -OCH3 is 1. The summed E-state index contributed by atoms with van der Waals surface area (Å²) in [5, 5.41) is 2.86. The lowest BCUT2D eigenvalue weighted by atomic mass is 10.2. The molecule has 2 rings (SSSR count). The highest BCUT2D eigenvalue weighted by Gasteiger charge is 2.05. The predicted octanol–water partition coefficient (Wildman–Crippen LogP) is 2.61. The number of anilines is 2. The molecule has 0 spiro atoms. The molecule has 2 aromatic rings. The Bertz CT molecular complexity index is 601. The number of thiocarbonyl (C=S) groups is 1. The molecule has 19 heavy (non-hydrogen) atoms. The number of halogens is 1. The van der Waals surface area contributed by atoms with Gasteiger partial charge in [0.15, 0.2) is 0 Å². The number of nitrogens with zero attached hydrogens (tertiary/aromatic N) is 1. The Morgan fingerprint density at radius 1 is 1.37 bits per heavy atom. The molecular weight excluding hydrogens is 265 g/mol. The third-order valence-electron chi connectivity index (χ3n) is 2.48. The van der Waals surface area contributed by atoms with Gasteiger partial charge >= 0.3 is 0 Å². The van der Waals surface area contributed by atoms with Crippen LogP contribution >= 0.6 is 12.2 Å². The summed E-state index contributed by atoms with van der Waals surface area (Å²) in [7, 11) is 1.52. The Labute approximate surface area is 115 Å². The number of rotatable bonds is 4. The number of ether oxygens (including phenoxy) is 1. The third-order valence-corrected chi connectivity index (χ3v) is 2.72. The van der Waals surface area contributed by atoms with E-state index in [-0.39, 0.29) is 16.5 Å². The van der Waals surface area contributed by atoms with Crippen LogP contribution in [-0.2, 0) is 0 Å². The van der Waals surface area contributed by atoms with Gasteiger partial charge < -0.3 is 15.8 Å². The van der Waals surface area contributed by atoms with Crippen molar-refractivity contribution in [2.75, 3.05) is 12.4 Å². The van der Waals surface area contributed by atoms with Gasteiger partial charge in [0.25, 0.3) is 0 Å². The first-order valence-corrected chi connectivity index (χ1v) is 5.87. The minimum Gasteiger partial charge on any atom is -0.497 e. The zero-order valence-corrected chi connectivity index (χ0v) is 11.0. The van der Waals surface area contributed by atoms with Crippen molar-refractivity contribution in [3.63, 3.8) is 0 Å². The van der Waals surface area contributed by atoms with Crippen molar-refractivity contribution in [1.82, 2.24) is 4.98 Å². The van der Waals surface area contributed by atoms with E-state index in [1.54, 1.807) is 24.3 Å². The van der Waals surface area contributed by atoms with Gasteiger partial charge in [0.2, 0.25) is 0 Å². The molecule has 0 atom stereocenters. The summed E-state index contributed by atoms with van der Waals surface area (Å²) in [4.78, 5) is 4.38. The van der Waals surface area contributed by atoms with Crippen LogP contribution in [0.1, 0.15) is 5.56 Å². The predicted molar refractivity (Wildman–Crippen MR) is 76.4 cm³/mol. The number of hydrogen-bond donors (Lipinski definition) is 2. The van der Waals surface area contributed by atoms with Crippen molar-refractivity contribution >= 4 is 28.7 Å². The van der Waals surface area contributed by atoms with E-state index in [9.17, 15) is 4.39 Å². The summed E-state index contributed by atoms with van der Waals surface area (Å²) in [6, 6.07) is 7.82. The minimum absolute atomic E-state index is 0.270. The van der Waals surface area contributed by atoms with E-state index in [1.807, 2.05) is 0 Å². The first kappa shape index (κ1) is 13.2. The first-order valence-electron chi connectivity index (χ1n) is 5.46. The monoisotopic (exact) mass is 277 g/mol. The van der Waals surface area contributed by atoms with Crippen molar-refractivity contribution in [2.45, 2.75) is 0 Å².